The minimum Gasteiger partial charge on any atom is -0.462 e. The van der Waals surface area contributed by atoms with Gasteiger partial charge in [-0.05, 0) is 6.92 Å². The van der Waals surface area contributed by atoms with Crippen LogP contribution in [0, 0.1) is 0 Å². The normalized spacial score (nSPS) is 15.0. The lowest BCUT2D eigenvalue weighted by Gasteiger charge is -2.17. The van der Waals surface area contributed by atoms with Gasteiger partial charge in [-0.15, -0.1) is 0 Å². The van der Waals surface area contributed by atoms with E-state index < -0.39 is 5.97 Å². The van der Waals surface area contributed by atoms with Crippen molar-refractivity contribution in [2.24, 2.45) is 0 Å². The molecule has 8 nitrogen and oxygen atoms in total. The Labute approximate surface area is 114 Å². The molecule has 0 radical (unpaired) electrons. The van der Waals surface area contributed by atoms with E-state index in [1.807, 2.05) is 0 Å². The lowest BCUT2D eigenvalue weighted by atomic mass is 10.3. The first-order valence-corrected chi connectivity index (χ1v) is 6.24. The van der Waals surface area contributed by atoms with Gasteiger partial charge in [0.05, 0.1) is 38.9 Å². The summed E-state index contributed by atoms with van der Waals surface area (Å²) in [6, 6.07) is 0. The Balaban J connectivity index is 2.41. The first-order chi connectivity index (χ1) is 9.58. The molecule has 0 atom stereocenters. The first kappa shape index (κ1) is 14.2. The van der Waals surface area contributed by atoms with Gasteiger partial charge in [0.15, 0.2) is 5.78 Å². The van der Waals surface area contributed by atoms with E-state index in [1.165, 1.54) is 15.8 Å². The van der Waals surface area contributed by atoms with Gasteiger partial charge in [-0.25, -0.2) is 9.48 Å². The molecule has 2 heterocycles. The zero-order valence-corrected chi connectivity index (χ0v) is 11.0. The molecule has 0 aromatic carbocycles. The Bertz CT molecular complexity index is 551. The Kier molecular flexibility index (Phi) is 4.14. The molecule has 2 rings (SSSR count). The Morgan fingerprint density at radius 2 is 2.25 bits per heavy atom. The molecule has 0 spiro atoms. The van der Waals surface area contributed by atoms with Gasteiger partial charge in [-0.2, -0.15) is 5.10 Å². The van der Waals surface area contributed by atoms with Crippen molar-refractivity contribution >= 4 is 23.5 Å². The van der Waals surface area contributed by atoms with Crippen molar-refractivity contribution in [1.82, 2.24) is 9.78 Å². The number of carbonyl (C=O) groups excluding carboxylic acids is 3. The van der Waals surface area contributed by atoms with E-state index in [4.69, 9.17) is 9.84 Å². The molecule has 1 amide bonds. The van der Waals surface area contributed by atoms with Crippen LogP contribution < -0.4 is 4.90 Å². The fraction of sp³-hybridized carbons (Fsp3) is 0.500. The minimum atomic E-state index is -0.612. The van der Waals surface area contributed by atoms with Crippen LogP contribution in [0.5, 0.6) is 0 Å². The van der Waals surface area contributed by atoms with E-state index in [2.05, 4.69) is 5.10 Å². The Morgan fingerprint density at radius 3 is 2.80 bits per heavy atom. The first-order valence-electron chi connectivity index (χ1n) is 6.24. The second kappa shape index (κ2) is 5.83. The molecule has 1 fully saturated rings. The van der Waals surface area contributed by atoms with Crippen molar-refractivity contribution in [2.75, 3.05) is 24.7 Å². The van der Waals surface area contributed by atoms with Gasteiger partial charge in [-0.3, -0.25) is 14.5 Å². The van der Waals surface area contributed by atoms with E-state index in [1.54, 1.807) is 6.92 Å². The standard InChI is InChI=1S/C12H15N3O5/c1-2-20-12(19)9-6-13-15(3-4-16)11(9)14-7-8(17)5-10(14)18/h6,16H,2-5,7H2,1H3. The van der Waals surface area contributed by atoms with Crippen LogP contribution in [0.3, 0.4) is 0 Å². The molecular formula is C12H15N3O5. The van der Waals surface area contributed by atoms with Crippen molar-refractivity contribution < 1.29 is 24.2 Å². The average molecular weight is 281 g/mol. The van der Waals surface area contributed by atoms with Gasteiger partial charge in [0.2, 0.25) is 5.91 Å². The quantitative estimate of drug-likeness (QED) is 0.569. The third kappa shape index (κ3) is 2.55. The lowest BCUT2D eigenvalue weighted by molar-refractivity contribution is -0.121. The number of aliphatic hydroxyl groups excluding tert-OH is 1. The summed E-state index contributed by atoms with van der Waals surface area (Å²) in [6.07, 6.45) is 1.09. The molecule has 1 aliphatic rings. The Hall–Kier alpha value is -2.22. The number of amides is 1. The summed E-state index contributed by atoms with van der Waals surface area (Å²) < 4.78 is 6.23. The van der Waals surface area contributed by atoms with Crippen molar-refractivity contribution in [1.29, 1.82) is 0 Å². The van der Waals surface area contributed by atoms with Crippen molar-refractivity contribution in [3.63, 3.8) is 0 Å². The molecule has 0 saturated carbocycles. The number of aliphatic hydroxyl groups is 1. The average Bonchev–Trinajstić information content (AvgIpc) is 2.93. The summed E-state index contributed by atoms with van der Waals surface area (Å²) in [6.45, 7) is 1.68. The number of aromatic nitrogens is 2. The summed E-state index contributed by atoms with van der Waals surface area (Å²) in [7, 11) is 0. The summed E-state index contributed by atoms with van der Waals surface area (Å²) in [5, 5.41) is 13.0. The minimum absolute atomic E-state index is 0.0949. The number of esters is 1. The highest BCUT2D eigenvalue weighted by Gasteiger charge is 2.34. The second-order valence-electron chi connectivity index (χ2n) is 4.24. The van der Waals surface area contributed by atoms with E-state index >= 15 is 0 Å². The van der Waals surface area contributed by atoms with Gasteiger partial charge in [0.25, 0.3) is 0 Å². The zero-order valence-electron chi connectivity index (χ0n) is 11.0. The molecule has 1 N–H and O–H groups in total. The van der Waals surface area contributed by atoms with E-state index in [0.717, 1.165) is 0 Å². The van der Waals surface area contributed by atoms with Gasteiger partial charge >= 0.3 is 5.97 Å². The number of nitrogens with zero attached hydrogens (tertiary/aromatic N) is 3. The monoisotopic (exact) mass is 281 g/mol. The zero-order chi connectivity index (χ0) is 14.7. The van der Waals surface area contributed by atoms with Crippen molar-refractivity contribution in [3.8, 4) is 0 Å². The molecule has 0 aliphatic carbocycles. The summed E-state index contributed by atoms with van der Waals surface area (Å²) in [5.74, 6) is -1.02. The van der Waals surface area contributed by atoms with Crippen molar-refractivity contribution in [3.05, 3.63) is 11.8 Å². The molecule has 20 heavy (non-hydrogen) atoms. The van der Waals surface area contributed by atoms with Crippen LogP contribution in [0.1, 0.15) is 23.7 Å². The summed E-state index contributed by atoms with van der Waals surface area (Å²) >= 11 is 0. The van der Waals surface area contributed by atoms with Crippen LogP contribution in [0.4, 0.5) is 5.82 Å². The molecule has 0 bridgehead atoms. The number of Topliss-reactive ketones (excluding diaryl/α,β-unsaturated/α-hetero) is 1. The molecule has 8 heteroatoms. The Morgan fingerprint density at radius 1 is 1.50 bits per heavy atom. The maximum Gasteiger partial charge on any atom is 0.343 e. The highest BCUT2D eigenvalue weighted by atomic mass is 16.5. The topological polar surface area (TPSA) is 102 Å². The second-order valence-corrected chi connectivity index (χ2v) is 4.24. The number of ether oxygens (including phenoxy) is 1. The van der Waals surface area contributed by atoms with Crippen LogP contribution in [0.25, 0.3) is 0 Å². The maximum absolute atomic E-state index is 11.9. The van der Waals surface area contributed by atoms with Crippen LogP contribution in [-0.2, 0) is 20.9 Å². The predicted octanol–water partition coefficient (Wildman–Crippen LogP) is -0.642. The molecule has 1 saturated heterocycles. The van der Waals surface area contributed by atoms with Gasteiger partial charge in [0.1, 0.15) is 11.4 Å². The summed E-state index contributed by atoms with van der Waals surface area (Å²) in [5.41, 5.74) is 0.114. The fourth-order valence-electron chi connectivity index (χ4n) is 2.05. The molecule has 1 aliphatic heterocycles. The van der Waals surface area contributed by atoms with Gasteiger partial charge in [0, 0.05) is 0 Å². The van der Waals surface area contributed by atoms with Gasteiger partial charge in [-0.1, -0.05) is 0 Å². The maximum atomic E-state index is 11.9. The van der Waals surface area contributed by atoms with Gasteiger partial charge < -0.3 is 9.84 Å². The smallest absolute Gasteiger partial charge is 0.343 e. The number of hydrogen-bond acceptors (Lipinski definition) is 6. The number of ketones is 1. The number of carbonyl (C=O) groups is 3. The van der Waals surface area contributed by atoms with E-state index in [-0.39, 0.29) is 55.8 Å². The highest BCUT2D eigenvalue weighted by Crippen LogP contribution is 2.25. The SMILES string of the molecule is CCOC(=O)c1cnn(CCO)c1N1CC(=O)CC1=O. The molecular weight excluding hydrogens is 266 g/mol. The lowest BCUT2D eigenvalue weighted by Crippen LogP contribution is -2.29. The number of rotatable bonds is 5. The molecule has 108 valence electrons. The largest absolute Gasteiger partial charge is 0.462 e. The van der Waals surface area contributed by atoms with Crippen LogP contribution in [0.15, 0.2) is 6.20 Å². The third-order valence-corrected chi connectivity index (χ3v) is 2.86. The molecule has 0 unspecified atom stereocenters. The van der Waals surface area contributed by atoms with E-state index in [0.29, 0.717) is 0 Å². The van der Waals surface area contributed by atoms with E-state index in [9.17, 15) is 14.4 Å². The molecule has 1 aromatic rings. The van der Waals surface area contributed by atoms with Crippen molar-refractivity contribution in [2.45, 2.75) is 19.9 Å². The van der Waals surface area contributed by atoms with Crippen LogP contribution >= 0.6 is 0 Å². The highest BCUT2D eigenvalue weighted by molar-refractivity contribution is 6.16. The predicted molar refractivity (Wildman–Crippen MR) is 67.2 cm³/mol. The van der Waals surface area contributed by atoms with Crippen LogP contribution in [0.2, 0.25) is 0 Å². The number of hydrogen-bond donors (Lipinski definition) is 1. The molecule has 1 aromatic heterocycles. The fourth-order valence-corrected chi connectivity index (χ4v) is 2.05. The summed E-state index contributed by atoms with van der Waals surface area (Å²) in [4.78, 5) is 36.3. The van der Waals surface area contributed by atoms with Crippen LogP contribution in [-0.4, -0.2) is 52.3 Å². The third-order valence-electron chi connectivity index (χ3n) is 2.86. The number of anilines is 1.